The van der Waals surface area contributed by atoms with Gasteiger partial charge in [0.2, 0.25) is 0 Å². The van der Waals surface area contributed by atoms with Crippen molar-refractivity contribution in [3.05, 3.63) is 41.2 Å². The zero-order chi connectivity index (χ0) is 17.8. The molecular formula is C18H23N5O2S. The second-order valence-electron chi connectivity index (χ2n) is 6.53. The van der Waals surface area contributed by atoms with Gasteiger partial charge in [0.15, 0.2) is 5.13 Å². The highest BCUT2D eigenvalue weighted by Gasteiger charge is 2.24. The summed E-state index contributed by atoms with van der Waals surface area (Å²) in [5.74, 6) is 0.0601. The lowest BCUT2D eigenvalue weighted by molar-refractivity contribution is 0.0337. The molecule has 0 aliphatic carbocycles. The van der Waals surface area contributed by atoms with Crippen LogP contribution in [0.1, 0.15) is 16.1 Å². The van der Waals surface area contributed by atoms with Crippen LogP contribution in [-0.2, 0) is 11.3 Å². The van der Waals surface area contributed by atoms with Crippen LogP contribution in [0.5, 0.6) is 0 Å². The Morgan fingerprint density at radius 1 is 1.15 bits per heavy atom. The van der Waals surface area contributed by atoms with E-state index in [2.05, 4.69) is 20.2 Å². The Labute approximate surface area is 157 Å². The highest BCUT2D eigenvalue weighted by Crippen LogP contribution is 2.23. The number of piperazine rings is 1. The summed E-state index contributed by atoms with van der Waals surface area (Å²) in [6.45, 7) is 7.52. The summed E-state index contributed by atoms with van der Waals surface area (Å²) in [7, 11) is 0. The topological polar surface area (TPSA) is 61.8 Å². The summed E-state index contributed by atoms with van der Waals surface area (Å²) in [6, 6.07) is 3.62. The van der Waals surface area contributed by atoms with Gasteiger partial charge < -0.3 is 14.5 Å². The highest BCUT2D eigenvalue weighted by atomic mass is 32.1. The molecule has 2 fully saturated rings. The minimum atomic E-state index is 0.0601. The van der Waals surface area contributed by atoms with Gasteiger partial charge in [-0.25, -0.2) is 4.98 Å². The molecule has 138 valence electrons. The molecule has 4 rings (SSSR count). The first-order valence-corrected chi connectivity index (χ1v) is 9.86. The van der Waals surface area contributed by atoms with Gasteiger partial charge in [-0.15, -0.1) is 11.3 Å². The normalized spacial score (nSPS) is 18.9. The van der Waals surface area contributed by atoms with Crippen molar-refractivity contribution in [1.82, 2.24) is 19.8 Å². The van der Waals surface area contributed by atoms with Gasteiger partial charge in [-0.3, -0.25) is 14.7 Å². The number of aromatic nitrogens is 2. The van der Waals surface area contributed by atoms with Gasteiger partial charge in [0.1, 0.15) is 0 Å². The highest BCUT2D eigenvalue weighted by molar-refractivity contribution is 7.13. The second-order valence-corrected chi connectivity index (χ2v) is 7.37. The first kappa shape index (κ1) is 17.4. The van der Waals surface area contributed by atoms with E-state index in [1.165, 1.54) is 0 Å². The predicted octanol–water partition coefficient (Wildman–Crippen LogP) is 1.33. The Morgan fingerprint density at radius 2 is 1.96 bits per heavy atom. The fourth-order valence-corrected chi connectivity index (χ4v) is 4.15. The molecule has 2 saturated heterocycles. The molecule has 0 unspecified atom stereocenters. The van der Waals surface area contributed by atoms with Crippen molar-refractivity contribution in [2.24, 2.45) is 0 Å². The van der Waals surface area contributed by atoms with Crippen LogP contribution in [0.2, 0.25) is 0 Å². The van der Waals surface area contributed by atoms with E-state index in [1.807, 2.05) is 11.0 Å². The maximum absolute atomic E-state index is 12.5. The lowest BCUT2D eigenvalue weighted by Gasteiger charge is -2.34. The Bertz CT molecular complexity index is 724. The Balaban J connectivity index is 1.31. The Kier molecular flexibility index (Phi) is 5.42. The van der Waals surface area contributed by atoms with Crippen molar-refractivity contribution in [1.29, 1.82) is 0 Å². The fourth-order valence-electron chi connectivity index (χ4n) is 3.28. The molecule has 0 radical (unpaired) electrons. The molecule has 0 saturated carbocycles. The van der Waals surface area contributed by atoms with Gasteiger partial charge in [0, 0.05) is 63.6 Å². The quantitative estimate of drug-likeness (QED) is 0.806. The molecular weight excluding hydrogens is 350 g/mol. The van der Waals surface area contributed by atoms with E-state index in [4.69, 9.17) is 9.72 Å². The lowest BCUT2D eigenvalue weighted by atomic mass is 10.2. The standard InChI is InChI=1S/C18H23N5O2S/c24-17(15-2-1-3-19-12-15)22-4-6-23(7-5-22)18-20-16(14-26-18)13-21-8-10-25-11-9-21/h1-3,12,14H,4-11,13H2. The molecule has 4 heterocycles. The summed E-state index contributed by atoms with van der Waals surface area (Å²) >= 11 is 1.69. The SMILES string of the molecule is O=C(c1cccnc1)N1CCN(c2nc(CN3CCOCC3)cs2)CC1. The number of carbonyl (C=O) groups excluding carboxylic acids is 1. The van der Waals surface area contributed by atoms with Gasteiger partial charge in [-0.05, 0) is 12.1 Å². The third kappa shape index (κ3) is 4.03. The summed E-state index contributed by atoms with van der Waals surface area (Å²) in [4.78, 5) is 27.9. The largest absolute Gasteiger partial charge is 0.379 e. The number of ether oxygens (including phenoxy) is 1. The van der Waals surface area contributed by atoms with Crippen LogP contribution < -0.4 is 4.90 Å². The number of hydrogen-bond donors (Lipinski definition) is 0. The number of thiazole rings is 1. The van der Waals surface area contributed by atoms with Crippen molar-refractivity contribution in [3.8, 4) is 0 Å². The Morgan fingerprint density at radius 3 is 2.69 bits per heavy atom. The van der Waals surface area contributed by atoms with Crippen LogP contribution in [0.15, 0.2) is 29.9 Å². The maximum Gasteiger partial charge on any atom is 0.255 e. The molecule has 0 spiro atoms. The van der Waals surface area contributed by atoms with Crippen molar-refractivity contribution in [3.63, 3.8) is 0 Å². The van der Waals surface area contributed by atoms with E-state index in [0.29, 0.717) is 18.7 Å². The van der Waals surface area contributed by atoms with E-state index < -0.39 is 0 Å². The smallest absolute Gasteiger partial charge is 0.255 e. The molecule has 2 aromatic heterocycles. The number of amides is 1. The van der Waals surface area contributed by atoms with Gasteiger partial charge in [-0.1, -0.05) is 0 Å². The average molecular weight is 373 g/mol. The van der Waals surface area contributed by atoms with E-state index in [0.717, 1.165) is 56.8 Å². The third-order valence-corrected chi connectivity index (χ3v) is 5.73. The minimum absolute atomic E-state index is 0.0601. The zero-order valence-corrected chi connectivity index (χ0v) is 15.5. The number of anilines is 1. The van der Waals surface area contributed by atoms with Crippen molar-refractivity contribution < 1.29 is 9.53 Å². The van der Waals surface area contributed by atoms with Gasteiger partial charge in [0.05, 0.1) is 24.5 Å². The summed E-state index contributed by atoms with van der Waals surface area (Å²) in [5.41, 5.74) is 1.78. The van der Waals surface area contributed by atoms with Gasteiger partial charge >= 0.3 is 0 Å². The fraction of sp³-hybridized carbons (Fsp3) is 0.500. The number of pyridine rings is 1. The van der Waals surface area contributed by atoms with Crippen LogP contribution in [0.25, 0.3) is 0 Å². The maximum atomic E-state index is 12.5. The zero-order valence-electron chi connectivity index (χ0n) is 14.7. The summed E-state index contributed by atoms with van der Waals surface area (Å²) in [6.07, 6.45) is 3.32. The van der Waals surface area contributed by atoms with Crippen LogP contribution in [0, 0.1) is 0 Å². The Hall–Kier alpha value is -2.03. The molecule has 7 nitrogen and oxygen atoms in total. The van der Waals surface area contributed by atoms with Crippen molar-refractivity contribution in [2.45, 2.75) is 6.54 Å². The van der Waals surface area contributed by atoms with E-state index >= 15 is 0 Å². The van der Waals surface area contributed by atoms with E-state index in [-0.39, 0.29) is 5.91 Å². The number of rotatable bonds is 4. The lowest BCUT2D eigenvalue weighted by Crippen LogP contribution is -2.48. The first-order valence-electron chi connectivity index (χ1n) is 8.98. The number of morpholine rings is 1. The molecule has 2 aromatic rings. The summed E-state index contributed by atoms with van der Waals surface area (Å²) in [5, 5.41) is 3.21. The van der Waals surface area contributed by atoms with Crippen LogP contribution >= 0.6 is 11.3 Å². The second kappa shape index (κ2) is 8.11. The summed E-state index contributed by atoms with van der Waals surface area (Å²) < 4.78 is 5.40. The van der Waals surface area contributed by atoms with Crippen molar-refractivity contribution >= 4 is 22.4 Å². The number of carbonyl (C=O) groups is 1. The van der Waals surface area contributed by atoms with Crippen LogP contribution in [0.4, 0.5) is 5.13 Å². The molecule has 8 heteroatoms. The molecule has 26 heavy (non-hydrogen) atoms. The van der Waals surface area contributed by atoms with Gasteiger partial charge in [0.25, 0.3) is 5.91 Å². The number of hydrogen-bond acceptors (Lipinski definition) is 7. The predicted molar refractivity (Wildman–Crippen MR) is 101 cm³/mol. The minimum Gasteiger partial charge on any atom is -0.379 e. The molecule has 2 aliphatic heterocycles. The van der Waals surface area contributed by atoms with E-state index in [9.17, 15) is 4.79 Å². The molecule has 0 aromatic carbocycles. The molecule has 1 amide bonds. The molecule has 2 aliphatic rings. The van der Waals surface area contributed by atoms with Gasteiger partial charge in [-0.2, -0.15) is 0 Å². The molecule has 0 bridgehead atoms. The number of nitrogens with zero attached hydrogens (tertiary/aromatic N) is 5. The molecule has 0 atom stereocenters. The monoisotopic (exact) mass is 373 g/mol. The molecule has 0 N–H and O–H groups in total. The van der Waals surface area contributed by atoms with Crippen LogP contribution in [0.3, 0.4) is 0 Å². The van der Waals surface area contributed by atoms with Crippen LogP contribution in [-0.4, -0.2) is 78.2 Å². The van der Waals surface area contributed by atoms with E-state index in [1.54, 1.807) is 29.8 Å². The van der Waals surface area contributed by atoms with Crippen molar-refractivity contribution in [2.75, 3.05) is 57.4 Å². The first-order chi connectivity index (χ1) is 12.8. The average Bonchev–Trinajstić information content (AvgIpc) is 3.17. The third-order valence-electron chi connectivity index (χ3n) is 4.77.